The van der Waals surface area contributed by atoms with Crippen LogP contribution < -0.4 is 0 Å². The van der Waals surface area contributed by atoms with Crippen LogP contribution in [0.15, 0.2) is 6.07 Å². The highest BCUT2D eigenvalue weighted by molar-refractivity contribution is 5.41. The number of hydrogen-bond acceptors (Lipinski definition) is 0. The van der Waals surface area contributed by atoms with E-state index in [0.717, 1.165) is 0 Å². The van der Waals surface area contributed by atoms with Crippen LogP contribution in [0, 0.1) is 12.3 Å². The van der Waals surface area contributed by atoms with Gasteiger partial charge >= 0.3 is 0 Å². The average molecular weight is 185 g/mol. The van der Waals surface area contributed by atoms with Gasteiger partial charge in [0.25, 0.3) is 0 Å². The van der Waals surface area contributed by atoms with Gasteiger partial charge in [0.15, 0.2) is 0 Å². The van der Waals surface area contributed by atoms with Crippen molar-refractivity contribution in [2.45, 2.75) is 43.9 Å². The molecule has 0 aliphatic heterocycles. The van der Waals surface area contributed by atoms with Crippen molar-refractivity contribution >= 4 is 0 Å². The summed E-state index contributed by atoms with van der Waals surface area (Å²) in [6, 6.07) is 2.32. The number of aromatic nitrogens is 1. The molecule has 1 aromatic heterocycles. The molecule has 3 rings (SSSR count). The van der Waals surface area contributed by atoms with E-state index in [1.165, 1.54) is 55.5 Å². The quantitative estimate of drug-likeness (QED) is 0.647. The summed E-state index contributed by atoms with van der Waals surface area (Å²) in [5, 5.41) is 0. The van der Waals surface area contributed by atoms with Crippen LogP contribution in [0.1, 0.15) is 42.6 Å². The molecular formula is C13H15N. The van der Waals surface area contributed by atoms with Crippen LogP contribution in [-0.2, 0) is 18.3 Å². The van der Waals surface area contributed by atoms with E-state index in [0.29, 0.717) is 0 Å². The van der Waals surface area contributed by atoms with Crippen molar-refractivity contribution in [2.24, 2.45) is 0 Å². The average Bonchev–Trinajstić information content (AvgIpc) is 2.91. The maximum Gasteiger partial charge on any atom is 0.0711 e. The van der Waals surface area contributed by atoms with Crippen molar-refractivity contribution in [3.8, 4) is 12.3 Å². The van der Waals surface area contributed by atoms with Crippen LogP contribution in [0.4, 0.5) is 0 Å². The van der Waals surface area contributed by atoms with E-state index in [1.54, 1.807) is 0 Å². The van der Waals surface area contributed by atoms with E-state index in [1.807, 2.05) is 0 Å². The molecule has 2 aliphatic rings. The largest absolute Gasteiger partial charge is 0.361 e. The van der Waals surface area contributed by atoms with E-state index in [2.05, 4.69) is 17.0 Å². The molecule has 0 amide bonds. The SMILES string of the molecule is C#CC1(c2cc3c([nH]2)CCCC3)CC1. The van der Waals surface area contributed by atoms with E-state index in [9.17, 15) is 0 Å². The van der Waals surface area contributed by atoms with Gasteiger partial charge in [-0.3, -0.25) is 0 Å². The summed E-state index contributed by atoms with van der Waals surface area (Å²) in [6.07, 6.45) is 13.1. The standard InChI is InChI=1S/C13H15N/c1-2-13(7-8-13)12-9-10-5-3-4-6-11(10)14-12/h1,9,14H,3-8H2. The fourth-order valence-corrected chi connectivity index (χ4v) is 2.48. The molecule has 0 atom stereocenters. The monoisotopic (exact) mass is 185 g/mol. The van der Waals surface area contributed by atoms with E-state index < -0.39 is 0 Å². The normalized spacial score (nSPS) is 22.5. The van der Waals surface area contributed by atoms with Gasteiger partial charge < -0.3 is 4.98 Å². The lowest BCUT2D eigenvalue weighted by molar-refractivity contribution is 0.675. The predicted molar refractivity (Wildman–Crippen MR) is 57.2 cm³/mol. The van der Waals surface area contributed by atoms with Gasteiger partial charge in [-0.1, -0.05) is 5.92 Å². The van der Waals surface area contributed by atoms with E-state index in [-0.39, 0.29) is 5.41 Å². The summed E-state index contributed by atoms with van der Waals surface area (Å²) in [4.78, 5) is 3.54. The maximum absolute atomic E-state index is 5.59. The zero-order chi connectivity index (χ0) is 9.60. The highest BCUT2D eigenvalue weighted by atomic mass is 14.8. The number of nitrogens with one attached hydrogen (secondary N) is 1. The smallest absolute Gasteiger partial charge is 0.0711 e. The Labute approximate surface area is 84.9 Å². The maximum atomic E-state index is 5.59. The molecule has 0 radical (unpaired) electrons. The number of rotatable bonds is 1. The van der Waals surface area contributed by atoms with Gasteiger partial charge in [0.05, 0.1) is 5.41 Å². The van der Waals surface area contributed by atoms with Gasteiger partial charge in [0, 0.05) is 11.4 Å². The lowest BCUT2D eigenvalue weighted by atomic mass is 9.97. The molecule has 1 heterocycles. The van der Waals surface area contributed by atoms with Crippen molar-refractivity contribution in [1.29, 1.82) is 0 Å². The number of aromatic amines is 1. The first-order valence-corrected chi connectivity index (χ1v) is 5.53. The first kappa shape index (κ1) is 8.17. The molecule has 1 fully saturated rings. The van der Waals surface area contributed by atoms with E-state index >= 15 is 0 Å². The third-order valence-corrected chi connectivity index (χ3v) is 3.66. The zero-order valence-corrected chi connectivity index (χ0v) is 8.40. The third kappa shape index (κ3) is 1.04. The summed E-state index contributed by atoms with van der Waals surface area (Å²) in [6.45, 7) is 0. The van der Waals surface area contributed by atoms with Crippen molar-refractivity contribution < 1.29 is 0 Å². The summed E-state index contributed by atoms with van der Waals surface area (Å²) in [5.41, 5.74) is 4.38. The topological polar surface area (TPSA) is 15.8 Å². The van der Waals surface area contributed by atoms with Crippen molar-refractivity contribution in [3.63, 3.8) is 0 Å². The van der Waals surface area contributed by atoms with Crippen LogP contribution in [0.25, 0.3) is 0 Å². The van der Waals surface area contributed by atoms with Gasteiger partial charge in [-0.25, -0.2) is 0 Å². The second kappa shape index (κ2) is 2.67. The molecule has 72 valence electrons. The second-order valence-corrected chi connectivity index (χ2v) is 4.62. The summed E-state index contributed by atoms with van der Waals surface area (Å²) in [7, 11) is 0. The van der Waals surface area contributed by atoms with Crippen LogP contribution in [0.5, 0.6) is 0 Å². The molecule has 2 aliphatic carbocycles. The third-order valence-electron chi connectivity index (χ3n) is 3.66. The highest BCUT2D eigenvalue weighted by Gasteiger charge is 2.44. The zero-order valence-electron chi connectivity index (χ0n) is 8.40. The minimum Gasteiger partial charge on any atom is -0.361 e. The Bertz CT molecular complexity index is 378. The van der Waals surface area contributed by atoms with Gasteiger partial charge in [-0.05, 0) is 50.2 Å². The Kier molecular flexibility index (Phi) is 1.56. The number of hydrogen-bond donors (Lipinski definition) is 1. The Morgan fingerprint density at radius 2 is 2.07 bits per heavy atom. The fourth-order valence-electron chi connectivity index (χ4n) is 2.48. The number of aryl methyl sites for hydroxylation is 2. The molecule has 0 aromatic carbocycles. The van der Waals surface area contributed by atoms with Crippen molar-refractivity contribution in [2.75, 3.05) is 0 Å². The number of fused-ring (bicyclic) bond motifs is 1. The van der Waals surface area contributed by atoms with Crippen LogP contribution in [0.3, 0.4) is 0 Å². The Balaban J connectivity index is 2.01. The molecule has 1 heteroatoms. The molecule has 0 spiro atoms. The second-order valence-electron chi connectivity index (χ2n) is 4.62. The van der Waals surface area contributed by atoms with Gasteiger partial charge in [-0.2, -0.15) is 0 Å². The molecule has 0 bridgehead atoms. The molecular weight excluding hydrogens is 170 g/mol. The molecule has 1 nitrogen and oxygen atoms in total. The lowest BCUT2D eigenvalue weighted by Gasteiger charge is -2.09. The first-order valence-electron chi connectivity index (χ1n) is 5.53. The molecule has 0 saturated heterocycles. The van der Waals surface area contributed by atoms with Crippen molar-refractivity contribution in [1.82, 2.24) is 4.98 Å². The molecule has 1 aromatic rings. The Morgan fingerprint density at radius 1 is 1.29 bits per heavy atom. The summed E-state index contributed by atoms with van der Waals surface area (Å²) in [5.74, 6) is 2.95. The van der Waals surface area contributed by atoms with Crippen LogP contribution >= 0.6 is 0 Å². The minimum atomic E-state index is 0.0946. The Morgan fingerprint density at radius 3 is 2.71 bits per heavy atom. The minimum absolute atomic E-state index is 0.0946. The van der Waals surface area contributed by atoms with Gasteiger partial charge in [0.1, 0.15) is 0 Å². The van der Waals surface area contributed by atoms with E-state index in [4.69, 9.17) is 6.42 Å². The van der Waals surface area contributed by atoms with Crippen LogP contribution in [0.2, 0.25) is 0 Å². The fraction of sp³-hybridized carbons (Fsp3) is 0.538. The lowest BCUT2D eigenvalue weighted by Crippen LogP contribution is -2.03. The van der Waals surface area contributed by atoms with Gasteiger partial charge in [0.2, 0.25) is 0 Å². The van der Waals surface area contributed by atoms with Crippen molar-refractivity contribution in [3.05, 3.63) is 23.0 Å². The number of terminal acetylenes is 1. The first-order chi connectivity index (χ1) is 6.84. The summed E-state index contributed by atoms with van der Waals surface area (Å²) >= 11 is 0. The summed E-state index contributed by atoms with van der Waals surface area (Å²) < 4.78 is 0. The number of H-pyrrole nitrogens is 1. The molecule has 1 saturated carbocycles. The molecule has 0 unspecified atom stereocenters. The highest BCUT2D eigenvalue weighted by Crippen LogP contribution is 2.47. The van der Waals surface area contributed by atoms with Gasteiger partial charge in [-0.15, -0.1) is 6.42 Å². The Hall–Kier alpha value is -1.16. The molecule has 14 heavy (non-hydrogen) atoms. The molecule has 1 N–H and O–H groups in total. The predicted octanol–water partition coefficient (Wildman–Crippen LogP) is 2.56. The van der Waals surface area contributed by atoms with Crippen LogP contribution in [-0.4, -0.2) is 4.98 Å².